The van der Waals surface area contributed by atoms with E-state index in [-0.39, 0.29) is 5.82 Å². The van der Waals surface area contributed by atoms with Crippen LogP contribution in [0.1, 0.15) is 17.7 Å². The first-order valence-electron chi connectivity index (χ1n) is 7.51. The Morgan fingerprint density at radius 2 is 2.09 bits per heavy atom. The molecular formula is C16H18FN5. The number of imidazole rings is 1. The van der Waals surface area contributed by atoms with Crippen LogP contribution in [0.25, 0.3) is 11.0 Å². The van der Waals surface area contributed by atoms with Gasteiger partial charge in [-0.2, -0.15) is 5.10 Å². The van der Waals surface area contributed by atoms with Gasteiger partial charge >= 0.3 is 0 Å². The van der Waals surface area contributed by atoms with E-state index in [0.717, 1.165) is 37.4 Å². The first-order valence-corrected chi connectivity index (χ1v) is 7.51. The zero-order chi connectivity index (χ0) is 15.3. The number of halogens is 1. The molecule has 5 nitrogen and oxygen atoms in total. The van der Waals surface area contributed by atoms with Crippen LogP contribution in [0.4, 0.5) is 10.3 Å². The average Bonchev–Trinajstić information content (AvgIpc) is 2.93. The van der Waals surface area contributed by atoms with E-state index in [1.54, 1.807) is 6.07 Å². The summed E-state index contributed by atoms with van der Waals surface area (Å²) in [5, 5.41) is 4.35. The van der Waals surface area contributed by atoms with Crippen LogP contribution in [-0.4, -0.2) is 25.9 Å². The highest BCUT2D eigenvalue weighted by molar-refractivity contribution is 5.79. The Hall–Kier alpha value is -2.37. The Balaban J connectivity index is 1.79. The van der Waals surface area contributed by atoms with Crippen molar-refractivity contribution in [2.45, 2.75) is 19.4 Å². The second-order valence-corrected chi connectivity index (χ2v) is 5.84. The zero-order valence-corrected chi connectivity index (χ0v) is 12.8. The topological polar surface area (TPSA) is 38.9 Å². The molecule has 0 N–H and O–H groups in total. The van der Waals surface area contributed by atoms with Crippen LogP contribution >= 0.6 is 0 Å². The number of nitrogens with zero attached hydrogens (tertiary/aromatic N) is 5. The van der Waals surface area contributed by atoms with Crippen molar-refractivity contribution in [2.24, 2.45) is 14.1 Å². The Morgan fingerprint density at radius 1 is 1.23 bits per heavy atom. The molecule has 0 saturated carbocycles. The lowest BCUT2D eigenvalue weighted by Gasteiger charge is -2.21. The van der Waals surface area contributed by atoms with Gasteiger partial charge in [-0.05, 0) is 25.0 Å². The van der Waals surface area contributed by atoms with E-state index < -0.39 is 0 Å². The third-order valence-electron chi connectivity index (χ3n) is 4.47. The maximum Gasteiger partial charge on any atom is 0.206 e. The average molecular weight is 299 g/mol. The first-order chi connectivity index (χ1) is 10.6. The van der Waals surface area contributed by atoms with Crippen molar-refractivity contribution in [3.63, 3.8) is 0 Å². The molecule has 1 aliphatic heterocycles. The van der Waals surface area contributed by atoms with Crippen molar-refractivity contribution in [3.8, 4) is 0 Å². The van der Waals surface area contributed by atoms with E-state index in [2.05, 4.69) is 15.0 Å². The summed E-state index contributed by atoms with van der Waals surface area (Å²) >= 11 is 0. The molecule has 3 heterocycles. The van der Waals surface area contributed by atoms with Crippen LogP contribution in [0.3, 0.4) is 0 Å². The van der Waals surface area contributed by atoms with Gasteiger partial charge in [-0.1, -0.05) is 6.07 Å². The molecule has 0 spiro atoms. The molecule has 3 aromatic rings. The lowest BCUT2D eigenvalue weighted by atomic mass is 10.2. The molecule has 0 atom stereocenters. The van der Waals surface area contributed by atoms with Crippen LogP contribution in [0, 0.1) is 5.82 Å². The Labute approximate surface area is 128 Å². The van der Waals surface area contributed by atoms with Gasteiger partial charge in [0.25, 0.3) is 0 Å². The minimum absolute atomic E-state index is 0.267. The predicted octanol–water partition coefficient (Wildman–Crippen LogP) is 2.40. The number of hydrogen-bond donors (Lipinski definition) is 0. The Bertz CT molecular complexity index is 848. The minimum atomic E-state index is -0.267. The van der Waals surface area contributed by atoms with Gasteiger partial charge in [0.05, 0.1) is 11.7 Å². The van der Waals surface area contributed by atoms with Crippen LogP contribution < -0.4 is 4.90 Å². The quantitative estimate of drug-likeness (QED) is 0.692. The molecule has 1 aromatic carbocycles. The van der Waals surface area contributed by atoms with Gasteiger partial charge < -0.3 is 9.47 Å². The number of hydrogen-bond acceptors (Lipinski definition) is 3. The molecule has 22 heavy (non-hydrogen) atoms. The molecular weight excluding hydrogens is 281 g/mol. The normalized spacial score (nSPS) is 15.1. The van der Waals surface area contributed by atoms with Crippen molar-refractivity contribution < 1.29 is 4.39 Å². The van der Waals surface area contributed by atoms with E-state index >= 15 is 0 Å². The fraction of sp³-hybridized carbons (Fsp3) is 0.375. The van der Waals surface area contributed by atoms with Crippen LogP contribution in [0.2, 0.25) is 0 Å². The van der Waals surface area contributed by atoms with Crippen molar-refractivity contribution in [3.05, 3.63) is 41.5 Å². The summed E-state index contributed by atoms with van der Waals surface area (Å²) < 4.78 is 17.9. The number of benzene rings is 1. The fourth-order valence-corrected chi connectivity index (χ4v) is 3.31. The molecule has 0 aliphatic carbocycles. The Kier molecular flexibility index (Phi) is 2.92. The molecule has 114 valence electrons. The highest BCUT2D eigenvalue weighted by Crippen LogP contribution is 2.27. The summed E-state index contributed by atoms with van der Waals surface area (Å²) in [6, 6.07) is 5.09. The maximum atomic E-state index is 14.0. The van der Waals surface area contributed by atoms with E-state index in [0.29, 0.717) is 5.52 Å². The fourth-order valence-electron chi connectivity index (χ4n) is 3.31. The monoisotopic (exact) mass is 299 g/mol. The number of aryl methyl sites for hydroxylation is 2. The maximum absolute atomic E-state index is 14.0. The summed E-state index contributed by atoms with van der Waals surface area (Å²) in [6.07, 6.45) is 3.98. The van der Waals surface area contributed by atoms with Gasteiger partial charge in [0.15, 0.2) is 5.82 Å². The van der Waals surface area contributed by atoms with Gasteiger partial charge in [0, 0.05) is 38.4 Å². The Morgan fingerprint density at radius 3 is 2.91 bits per heavy atom. The van der Waals surface area contributed by atoms with Gasteiger partial charge in [-0.25, -0.2) is 9.37 Å². The van der Waals surface area contributed by atoms with Crippen LogP contribution in [0.5, 0.6) is 0 Å². The highest BCUT2D eigenvalue weighted by Gasteiger charge is 2.22. The molecule has 0 unspecified atom stereocenters. The SMILES string of the molecule is Cn1ncc2c1CCCN(c1nc3c(F)cccc3n1C)C2. The van der Waals surface area contributed by atoms with Gasteiger partial charge in [-0.3, -0.25) is 4.68 Å². The summed E-state index contributed by atoms with van der Waals surface area (Å²) in [6.45, 7) is 1.68. The predicted molar refractivity (Wildman–Crippen MR) is 83.3 cm³/mol. The molecule has 1 aliphatic rings. The van der Waals surface area contributed by atoms with E-state index in [9.17, 15) is 4.39 Å². The third-order valence-corrected chi connectivity index (χ3v) is 4.47. The molecule has 6 heteroatoms. The van der Waals surface area contributed by atoms with E-state index in [1.165, 1.54) is 17.3 Å². The molecule has 0 fully saturated rings. The number of fused-ring (bicyclic) bond motifs is 2. The van der Waals surface area contributed by atoms with Crippen molar-refractivity contribution in [1.82, 2.24) is 19.3 Å². The lowest BCUT2D eigenvalue weighted by molar-refractivity contribution is 0.637. The largest absolute Gasteiger partial charge is 0.338 e. The van der Waals surface area contributed by atoms with Crippen molar-refractivity contribution in [1.29, 1.82) is 0 Å². The van der Waals surface area contributed by atoms with Crippen LogP contribution in [-0.2, 0) is 27.1 Å². The summed E-state index contributed by atoms with van der Waals surface area (Å²) in [5.74, 6) is 0.549. The summed E-state index contributed by atoms with van der Waals surface area (Å²) in [7, 11) is 3.93. The smallest absolute Gasteiger partial charge is 0.206 e. The van der Waals surface area contributed by atoms with Gasteiger partial charge in [0.2, 0.25) is 5.95 Å². The number of para-hydroxylation sites is 1. The van der Waals surface area contributed by atoms with Crippen molar-refractivity contribution in [2.75, 3.05) is 11.4 Å². The third kappa shape index (κ3) is 1.90. The molecule has 0 amide bonds. The summed E-state index contributed by atoms with van der Waals surface area (Å²) in [4.78, 5) is 6.76. The number of aromatic nitrogens is 4. The molecule has 0 saturated heterocycles. The molecule has 0 radical (unpaired) electrons. The van der Waals surface area contributed by atoms with Gasteiger partial charge in [0.1, 0.15) is 5.52 Å². The van der Waals surface area contributed by atoms with Gasteiger partial charge in [-0.15, -0.1) is 0 Å². The summed E-state index contributed by atoms with van der Waals surface area (Å²) in [5.41, 5.74) is 3.78. The molecule has 4 rings (SSSR count). The highest BCUT2D eigenvalue weighted by atomic mass is 19.1. The van der Waals surface area contributed by atoms with Crippen LogP contribution in [0.15, 0.2) is 24.4 Å². The second kappa shape index (κ2) is 4.83. The molecule has 0 bridgehead atoms. The number of rotatable bonds is 1. The van der Waals surface area contributed by atoms with E-state index in [1.807, 2.05) is 35.6 Å². The van der Waals surface area contributed by atoms with E-state index in [4.69, 9.17) is 0 Å². The second-order valence-electron chi connectivity index (χ2n) is 5.84. The first kappa shape index (κ1) is 13.3. The van der Waals surface area contributed by atoms with Crippen molar-refractivity contribution >= 4 is 17.0 Å². The number of anilines is 1. The lowest BCUT2D eigenvalue weighted by Crippen LogP contribution is -2.25. The standard InChI is InChI=1S/C16H18FN5/c1-20-14-6-3-5-12(17)15(14)19-16(20)22-8-4-7-13-11(10-22)9-18-21(13)2/h3,5-6,9H,4,7-8,10H2,1-2H3. The zero-order valence-electron chi connectivity index (χ0n) is 12.8. The molecule has 2 aromatic heterocycles. The minimum Gasteiger partial charge on any atom is -0.338 e.